The third kappa shape index (κ3) is 3.91. The molecule has 2 N–H and O–H groups in total. The smallest absolute Gasteiger partial charge is 0.259 e. The van der Waals surface area contributed by atoms with Crippen LogP contribution in [0.4, 0.5) is 0 Å². The van der Waals surface area contributed by atoms with E-state index in [-0.39, 0.29) is 35.5 Å². The van der Waals surface area contributed by atoms with Crippen LogP contribution in [0.3, 0.4) is 0 Å². The minimum atomic E-state index is -0.283. The number of aromatic amines is 1. The molecule has 1 aliphatic heterocycles. The number of pyridine rings is 1. The Morgan fingerprint density at radius 3 is 2.76 bits per heavy atom. The summed E-state index contributed by atoms with van der Waals surface area (Å²) in [4.78, 5) is 39.7. The van der Waals surface area contributed by atoms with Gasteiger partial charge in [-0.15, -0.1) is 0 Å². The predicted octanol–water partition coefficient (Wildman–Crippen LogP) is -0.258. The number of amides is 2. The maximum atomic E-state index is 12.3. The number of piperidine rings is 1. The molecule has 1 aromatic rings. The standard InChI is InChI=1S/C14H19N3O4/c1-21-9-13(19)16-10-3-6-17(7-4-10)14(20)11-8-15-5-2-12(11)18/h2,5,8,10H,3-4,6-7,9H2,1H3,(H,15,18)(H,16,19). The minimum absolute atomic E-state index is 0.0402. The molecule has 1 aromatic heterocycles. The van der Waals surface area contributed by atoms with Gasteiger partial charge in [0.05, 0.1) is 0 Å². The summed E-state index contributed by atoms with van der Waals surface area (Å²) in [7, 11) is 1.47. The van der Waals surface area contributed by atoms with Gasteiger partial charge in [-0.1, -0.05) is 0 Å². The van der Waals surface area contributed by atoms with E-state index >= 15 is 0 Å². The first-order valence-electron chi connectivity index (χ1n) is 6.86. The zero-order valence-electron chi connectivity index (χ0n) is 11.9. The highest BCUT2D eigenvalue weighted by Crippen LogP contribution is 2.12. The van der Waals surface area contributed by atoms with E-state index in [1.54, 1.807) is 4.90 Å². The van der Waals surface area contributed by atoms with Gasteiger partial charge in [-0.05, 0) is 12.8 Å². The molecule has 0 saturated carbocycles. The predicted molar refractivity (Wildman–Crippen MR) is 76.0 cm³/mol. The Bertz CT molecular complexity index is 561. The lowest BCUT2D eigenvalue weighted by molar-refractivity contribution is -0.125. The molecule has 0 unspecified atom stereocenters. The monoisotopic (exact) mass is 293 g/mol. The third-order valence-corrected chi connectivity index (χ3v) is 3.48. The number of rotatable bonds is 4. The van der Waals surface area contributed by atoms with Crippen molar-refractivity contribution in [2.45, 2.75) is 18.9 Å². The van der Waals surface area contributed by atoms with E-state index in [2.05, 4.69) is 10.3 Å². The van der Waals surface area contributed by atoms with E-state index in [1.807, 2.05) is 0 Å². The molecular weight excluding hydrogens is 274 g/mol. The van der Waals surface area contributed by atoms with Gasteiger partial charge < -0.3 is 19.9 Å². The Labute approximate surface area is 122 Å². The Balaban J connectivity index is 1.89. The molecule has 2 rings (SSSR count). The van der Waals surface area contributed by atoms with Gasteiger partial charge in [0, 0.05) is 44.7 Å². The number of likely N-dealkylation sites (tertiary alicyclic amines) is 1. The number of carbonyl (C=O) groups is 2. The van der Waals surface area contributed by atoms with Crippen molar-refractivity contribution in [3.05, 3.63) is 34.2 Å². The number of ether oxygens (including phenoxy) is 1. The highest BCUT2D eigenvalue weighted by atomic mass is 16.5. The van der Waals surface area contributed by atoms with Gasteiger partial charge in [-0.3, -0.25) is 14.4 Å². The minimum Gasteiger partial charge on any atom is -0.375 e. The number of carbonyl (C=O) groups excluding carboxylic acids is 2. The van der Waals surface area contributed by atoms with Crippen molar-refractivity contribution in [2.75, 3.05) is 26.8 Å². The zero-order valence-corrected chi connectivity index (χ0v) is 11.9. The quantitative estimate of drug-likeness (QED) is 0.800. The summed E-state index contributed by atoms with van der Waals surface area (Å²) in [6.07, 6.45) is 4.27. The van der Waals surface area contributed by atoms with E-state index < -0.39 is 0 Å². The average molecular weight is 293 g/mol. The summed E-state index contributed by atoms with van der Waals surface area (Å²) in [5.74, 6) is -0.416. The number of aromatic nitrogens is 1. The Kier molecular flexibility index (Phi) is 5.10. The fourth-order valence-corrected chi connectivity index (χ4v) is 2.38. The molecule has 0 aromatic carbocycles. The molecule has 1 saturated heterocycles. The molecule has 0 spiro atoms. The van der Waals surface area contributed by atoms with Crippen LogP contribution in [0, 0.1) is 0 Å². The lowest BCUT2D eigenvalue weighted by Crippen LogP contribution is -2.47. The Morgan fingerprint density at radius 1 is 1.43 bits per heavy atom. The largest absolute Gasteiger partial charge is 0.375 e. The van der Waals surface area contributed by atoms with Crippen LogP contribution in [0.1, 0.15) is 23.2 Å². The third-order valence-electron chi connectivity index (χ3n) is 3.48. The topological polar surface area (TPSA) is 91.5 Å². The summed E-state index contributed by atoms with van der Waals surface area (Å²) in [6.45, 7) is 1.08. The van der Waals surface area contributed by atoms with E-state index in [1.165, 1.54) is 25.6 Å². The van der Waals surface area contributed by atoms with E-state index in [4.69, 9.17) is 4.74 Å². The van der Waals surface area contributed by atoms with Gasteiger partial charge >= 0.3 is 0 Å². The van der Waals surface area contributed by atoms with Crippen LogP contribution >= 0.6 is 0 Å². The number of hydrogen-bond donors (Lipinski definition) is 2. The highest BCUT2D eigenvalue weighted by Gasteiger charge is 2.25. The van der Waals surface area contributed by atoms with E-state index in [0.29, 0.717) is 25.9 Å². The number of nitrogens with zero attached hydrogens (tertiary/aromatic N) is 1. The first-order chi connectivity index (χ1) is 10.1. The summed E-state index contributed by atoms with van der Waals surface area (Å²) < 4.78 is 4.76. The Hall–Kier alpha value is -2.15. The number of nitrogens with one attached hydrogen (secondary N) is 2. The highest BCUT2D eigenvalue weighted by molar-refractivity contribution is 5.93. The maximum absolute atomic E-state index is 12.3. The van der Waals surface area contributed by atoms with Gasteiger partial charge in [0.25, 0.3) is 5.91 Å². The van der Waals surface area contributed by atoms with Crippen molar-refractivity contribution in [3.8, 4) is 0 Å². The molecule has 0 bridgehead atoms. The normalized spacial score (nSPS) is 15.8. The lowest BCUT2D eigenvalue weighted by atomic mass is 10.0. The van der Waals surface area contributed by atoms with Gasteiger partial charge in [0.15, 0.2) is 5.43 Å². The summed E-state index contributed by atoms with van der Waals surface area (Å²) >= 11 is 0. The molecular formula is C14H19N3O4. The second kappa shape index (κ2) is 7.03. The van der Waals surface area contributed by atoms with Crippen molar-refractivity contribution in [2.24, 2.45) is 0 Å². The van der Waals surface area contributed by atoms with E-state index in [9.17, 15) is 14.4 Å². The zero-order chi connectivity index (χ0) is 15.2. The fraction of sp³-hybridized carbons (Fsp3) is 0.500. The van der Waals surface area contributed by atoms with Gasteiger partial charge in [0.2, 0.25) is 5.91 Å². The van der Waals surface area contributed by atoms with Crippen molar-refractivity contribution in [1.29, 1.82) is 0 Å². The molecule has 0 radical (unpaired) electrons. The van der Waals surface area contributed by atoms with Crippen LogP contribution < -0.4 is 10.7 Å². The molecule has 114 valence electrons. The molecule has 1 aliphatic rings. The van der Waals surface area contributed by atoms with Crippen LogP contribution in [0.15, 0.2) is 23.3 Å². The van der Waals surface area contributed by atoms with Crippen molar-refractivity contribution in [1.82, 2.24) is 15.2 Å². The Morgan fingerprint density at radius 2 is 2.14 bits per heavy atom. The van der Waals surface area contributed by atoms with Crippen LogP contribution in [0.2, 0.25) is 0 Å². The van der Waals surface area contributed by atoms with Crippen LogP contribution in [-0.2, 0) is 9.53 Å². The second-order valence-electron chi connectivity index (χ2n) is 4.99. The van der Waals surface area contributed by atoms with Crippen molar-refractivity contribution in [3.63, 3.8) is 0 Å². The summed E-state index contributed by atoms with van der Waals surface area (Å²) in [5.41, 5.74) is -0.131. The van der Waals surface area contributed by atoms with Crippen LogP contribution in [0.5, 0.6) is 0 Å². The molecule has 1 fully saturated rings. The van der Waals surface area contributed by atoms with Crippen molar-refractivity contribution >= 4 is 11.8 Å². The molecule has 0 atom stereocenters. The number of methoxy groups -OCH3 is 1. The molecule has 2 heterocycles. The van der Waals surface area contributed by atoms with Crippen LogP contribution in [0.25, 0.3) is 0 Å². The summed E-state index contributed by atoms with van der Waals surface area (Å²) in [6, 6.07) is 1.39. The second-order valence-corrected chi connectivity index (χ2v) is 4.99. The molecule has 0 aliphatic carbocycles. The van der Waals surface area contributed by atoms with Gasteiger partial charge in [0.1, 0.15) is 12.2 Å². The molecule has 7 nitrogen and oxygen atoms in total. The first kappa shape index (κ1) is 15.2. The number of H-pyrrole nitrogens is 1. The summed E-state index contributed by atoms with van der Waals surface area (Å²) in [5, 5.41) is 2.86. The van der Waals surface area contributed by atoms with E-state index in [0.717, 1.165) is 0 Å². The van der Waals surface area contributed by atoms with Gasteiger partial charge in [-0.2, -0.15) is 0 Å². The van der Waals surface area contributed by atoms with Crippen molar-refractivity contribution < 1.29 is 14.3 Å². The number of hydrogen-bond acceptors (Lipinski definition) is 4. The first-order valence-corrected chi connectivity index (χ1v) is 6.86. The SMILES string of the molecule is COCC(=O)NC1CCN(C(=O)c2c[nH]ccc2=O)CC1. The average Bonchev–Trinajstić information content (AvgIpc) is 2.48. The maximum Gasteiger partial charge on any atom is 0.259 e. The lowest BCUT2D eigenvalue weighted by Gasteiger charge is -2.32. The fourth-order valence-electron chi connectivity index (χ4n) is 2.38. The molecule has 7 heteroatoms. The van der Waals surface area contributed by atoms with Gasteiger partial charge in [-0.25, -0.2) is 0 Å². The molecule has 2 amide bonds. The van der Waals surface area contributed by atoms with Crippen LogP contribution in [-0.4, -0.2) is 54.5 Å². The molecule has 21 heavy (non-hydrogen) atoms.